The summed E-state index contributed by atoms with van der Waals surface area (Å²) < 4.78 is 28.6. The van der Waals surface area contributed by atoms with Crippen LogP contribution in [0.15, 0.2) is 23.4 Å². The standard InChI is InChI=1S/C11H16N2O3S/c1-2-17(14,15)11-5-10(6-12-7-11)13-9-3-4-16-8-9/h5-7,9,13H,2-4,8H2,1H3. The number of aromatic nitrogens is 1. The summed E-state index contributed by atoms with van der Waals surface area (Å²) in [6.07, 6.45) is 3.95. The molecule has 1 saturated heterocycles. The van der Waals surface area contributed by atoms with Gasteiger partial charge in [0.1, 0.15) is 0 Å². The Morgan fingerprint density at radius 1 is 1.53 bits per heavy atom. The van der Waals surface area contributed by atoms with Crippen molar-refractivity contribution in [3.05, 3.63) is 18.5 Å². The number of rotatable bonds is 4. The third-order valence-corrected chi connectivity index (χ3v) is 4.45. The summed E-state index contributed by atoms with van der Waals surface area (Å²) in [6, 6.07) is 1.88. The number of pyridine rings is 1. The second kappa shape index (κ2) is 5.01. The van der Waals surface area contributed by atoms with E-state index in [9.17, 15) is 8.42 Å². The first-order valence-corrected chi connectivity index (χ1v) is 7.29. The Labute approximate surface area is 101 Å². The molecule has 0 amide bonds. The van der Waals surface area contributed by atoms with E-state index in [4.69, 9.17) is 4.74 Å². The van der Waals surface area contributed by atoms with Crippen LogP contribution in [0.5, 0.6) is 0 Å². The molecule has 1 aromatic rings. The van der Waals surface area contributed by atoms with Gasteiger partial charge in [0.15, 0.2) is 9.84 Å². The molecule has 1 atom stereocenters. The SMILES string of the molecule is CCS(=O)(=O)c1cncc(NC2CCOC2)c1. The molecular formula is C11H16N2O3S. The lowest BCUT2D eigenvalue weighted by Crippen LogP contribution is -2.19. The molecule has 1 aromatic heterocycles. The quantitative estimate of drug-likeness (QED) is 0.873. The third kappa shape index (κ3) is 2.95. The van der Waals surface area contributed by atoms with Gasteiger partial charge in [-0.15, -0.1) is 0 Å². The lowest BCUT2D eigenvalue weighted by Gasteiger charge is -2.12. The van der Waals surface area contributed by atoms with Crippen LogP contribution in [-0.4, -0.2) is 38.4 Å². The predicted octanol–water partition coefficient (Wildman–Crippen LogP) is 1.08. The minimum Gasteiger partial charge on any atom is -0.379 e. The Morgan fingerprint density at radius 2 is 2.35 bits per heavy atom. The highest BCUT2D eigenvalue weighted by atomic mass is 32.2. The zero-order valence-corrected chi connectivity index (χ0v) is 10.5. The molecule has 2 rings (SSSR count). The molecule has 94 valence electrons. The van der Waals surface area contributed by atoms with Crippen LogP contribution in [0.25, 0.3) is 0 Å². The van der Waals surface area contributed by atoms with E-state index in [2.05, 4.69) is 10.3 Å². The van der Waals surface area contributed by atoms with E-state index >= 15 is 0 Å². The minimum absolute atomic E-state index is 0.0880. The number of hydrogen-bond donors (Lipinski definition) is 1. The van der Waals surface area contributed by atoms with Gasteiger partial charge in [0.2, 0.25) is 0 Å². The Morgan fingerprint density at radius 3 is 3.00 bits per heavy atom. The second-order valence-corrected chi connectivity index (χ2v) is 6.30. The van der Waals surface area contributed by atoms with Gasteiger partial charge in [0.25, 0.3) is 0 Å². The molecule has 1 fully saturated rings. The topological polar surface area (TPSA) is 68.3 Å². The van der Waals surface area contributed by atoms with E-state index in [1.165, 1.54) is 6.20 Å². The number of hydrogen-bond acceptors (Lipinski definition) is 5. The zero-order valence-electron chi connectivity index (χ0n) is 9.72. The minimum atomic E-state index is -3.19. The van der Waals surface area contributed by atoms with Crippen molar-refractivity contribution in [2.24, 2.45) is 0 Å². The van der Waals surface area contributed by atoms with Gasteiger partial charge in [-0.05, 0) is 12.5 Å². The van der Waals surface area contributed by atoms with Gasteiger partial charge >= 0.3 is 0 Å². The summed E-state index contributed by atoms with van der Waals surface area (Å²) in [4.78, 5) is 4.23. The molecule has 5 nitrogen and oxygen atoms in total. The molecule has 1 N–H and O–H groups in total. The maximum Gasteiger partial charge on any atom is 0.179 e. The molecule has 0 radical (unpaired) electrons. The van der Waals surface area contributed by atoms with Gasteiger partial charge in [-0.25, -0.2) is 8.42 Å². The molecule has 0 aromatic carbocycles. The van der Waals surface area contributed by atoms with Crippen molar-refractivity contribution in [1.82, 2.24) is 4.98 Å². The van der Waals surface area contributed by atoms with Crippen molar-refractivity contribution in [1.29, 1.82) is 0 Å². The van der Waals surface area contributed by atoms with Gasteiger partial charge in [-0.1, -0.05) is 6.92 Å². The highest BCUT2D eigenvalue weighted by Crippen LogP contribution is 2.17. The van der Waals surface area contributed by atoms with E-state index in [0.717, 1.165) is 18.7 Å². The van der Waals surface area contributed by atoms with Crippen molar-refractivity contribution in [2.75, 3.05) is 24.3 Å². The first-order valence-electron chi connectivity index (χ1n) is 5.64. The van der Waals surface area contributed by atoms with Gasteiger partial charge < -0.3 is 10.1 Å². The molecular weight excluding hydrogens is 240 g/mol. The zero-order chi connectivity index (χ0) is 12.3. The average Bonchev–Trinajstić information content (AvgIpc) is 2.82. The third-order valence-electron chi connectivity index (χ3n) is 2.75. The van der Waals surface area contributed by atoms with Crippen LogP contribution in [0.1, 0.15) is 13.3 Å². The number of ether oxygens (including phenoxy) is 1. The maximum absolute atomic E-state index is 11.7. The molecule has 6 heteroatoms. The lowest BCUT2D eigenvalue weighted by molar-refractivity contribution is 0.195. The first-order chi connectivity index (χ1) is 8.12. The van der Waals surface area contributed by atoms with Crippen LogP contribution in [0.3, 0.4) is 0 Å². The summed E-state index contributed by atoms with van der Waals surface area (Å²) in [5.74, 6) is 0.0880. The summed E-state index contributed by atoms with van der Waals surface area (Å²) in [5.41, 5.74) is 0.732. The molecule has 1 aliphatic heterocycles. The van der Waals surface area contributed by atoms with Gasteiger partial charge in [-0.2, -0.15) is 0 Å². The van der Waals surface area contributed by atoms with Gasteiger partial charge in [0.05, 0.1) is 35.2 Å². The van der Waals surface area contributed by atoms with Crippen LogP contribution in [-0.2, 0) is 14.6 Å². The Bertz CT molecular complexity index is 481. The second-order valence-electron chi connectivity index (χ2n) is 4.02. The summed E-state index contributed by atoms with van der Waals surface area (Å²) >= 11 is 0. The Hall–Kier alpha value is -1.14. The number of nitrogens with zero attached hydrogens (tertiary/aromatic N) is 1. The predicted molar refractivity (Wildman–Crippen MR) is 64.8 cm³/mol. The fourth-order valence-electron chi connectivity index (χ4n) is 1.72. The van der Waals surface area contributed by atoms with Crippen molar-refractivity contribution in [3.8, 4) is 0 Å². The summed E-state index contributed by atoms with van der Waals surface area (Å²) in [7, 11) is -3.19. The van der Waals surface area contributed by atoms with Crippen molar-refractivity contribution in [3.63, 3.8) is 0 Å². The molecule has 0 aliphatic carbocycles. The highest BCUT2D eigenvalue weighted by molar-refractivity contribution is 7.91. The van der Waals surface area contributed by atoms with Gasteiger partial charge in [-0.3, -0.25) is 4.98 Å². The molecule has 2 heterocycles. The fourth-order valence-corrected chi connectivity index (χ4v) is 2.58. The van der Waals surface area contributed by atoms with Crippen LogP contribution >= 0.6 is 0 Å². The van der Waals surface area contributed by atoms with E-state index in [0.29, 0.717) is 6.61 Å². The number of anilines is 1. The van der Waals surface area contributed by atoms with Crippen LogP contribution in [0.2, 0.25) is 0 Å². The molecule has 0 spiro atoms. The normalized spacial score (nSPS) is 20.4. The molecule has 17 heavy (non-hydrogen) atoms. The Balaban J connectivity index is 2.16. The average molecular weight is 256 g/mol. The van der Waals surface area contributed by atoms with E-state index in [1.54, 1.807) is 19.2 Å². The monoisotopic (exact) mass is 256 g/mol. The van der Waals surface area contributed by atoms with E-state index < -0.39 is 9.84 Å². The molecule has 0 saturated carbocycles. The largest absolute Gasteiger partial charge is 0.379 e. The van der Waals surface area contributed by atoms with E-state index in [-0.39, 0.29) is 16.7 Å². The van der Waals surface area contributed by atoms with Crippen LogP contribution in [0, 0.1) is 0 Å². The molecule has 0 bridgehead atoms. The number of nitrogens with one attached hydrogen (secondary N) is 1. The smallest absolute Gasteiger partial charge is 0.179 e. The van der Waals surface area contributed by atoms with Crippen molar-refractivity contribution < 1.29 is 13.2 Å². The number of sulfone groups is 1. The first kappa shape index (κ1) is 12.3. The van der Waals surface area contributed by atoms with Crippen LogP contribution in [0.4, 0.5) is 5.69 Å². The fraction of sp³-hybridized carbons (Fsp3) is 0.545. The Kier molecular flexibility index (Phi) is 3.63. The maximum atomic E-state index is 11.7. The van der Waals surface area contributed by atoms with Crippen LogP contribution < -0.4 is 5.32 Å². The molecule has 1 aliphatic rings. The van der Waals surface area contributed by atoms with E-state index in [1.807, 2.05) is 0 Å². The van der Waals surface area contributed by atoms with Crippen molar-refractivity contribution >= 4 is 15.5 Å². The summed E-state index contributed by atoms with van der Waals surface area (Å²) in [6.45, 7) is 3.03. The summed E-state index contributed by atoms with van der Waals surface area (Å²) in [5, 5.41) is 3.23. The van der Waals surface area contributed by atoms with Gasteiger partial charge in [0, 0.05) is 12.8 Å². The highest BCUT2D eigenvalue weighted by Gasteiger charge is 2.17. The molecule has 1 unspecified atom stereocenters. The van der Waals surface area contributed by atoms with Crippen molar-refractivity contribution in [2.45, 2.75) is 24.3 Å². The lowest BCUT2D eigenvalue weighted by atomic mass is 10.2.